The summed E-state index contributed by atoms with van der Waals surface area (Å²) in [6, 6.07) is 17.6. The van der Waals surface area contributed by atoms with Crippen LogP contribution in [0.3, 0.4) is 0 Å². The number of rotatable bonds is 4. The highest BCUT2D eigenvalue weighted by Crippen LogP contribution is 2.24. The summed E-state index contributed by atoms with van der Waals surface area (Å²) in [6.45, 7) is 3.07. The molecule has 1 heterocycles. The van der Waals surface area contributed by atoms with Gasteiger partial charge in [-0.25, -0.2) is 0 Å². The van der Waals surface area contributed by atoms with E-state index in [1.165, 1.54) is 4.90 Å². The van der Waals surface area contributed by atoms with Crippen molar-refractivity contribution in [1.82, 2.24) is 15.5 Å². The summed E-state index contributed by atoms with van der Waals surface area (Å²) in [5, 5.41) is 5.88. The zero-order chi connectivity index (χ0) is 23.5. The molecule has 1 unspecified atom stereocenters. The van der Waals surface area contributed by atoms with Crippen LogP contribution in [0.15, 0.2) is 54.6 Å². The van der Waals surface area contributed by atoms with Gasteiger partial charge >= 0.3 is 0 Å². The Morgan fingerprint density at radius 1 is 0.970 bits per heavy atom. The molecule has 33 heavy (non-hydrogen) atoms. The Bertz CT molecular complexity index is 932. The third kappa shape index (κ3) is 7.93. The van der Waals surface area contributed by atoms with Gasteiger partial charge in [0.2, 0.25) is 11.8 Å². The van der Waals surface area contributed by atoms with E-state index < -0.39 is 0 Å². The van der Waals surface area contributed by atoms with Gasteiger partial charge in [-0.1, -0.05) is 48.5 Å². The highest BCUT2D eigenvalue weighted by molar-refractivity contribution is 5.85. The summed E-state index contributed by atoms with van der Waals surface area (Å²) in [5.41, 5.74) is 2.11. The topological polar surface area (TPSA) is 87.7 Å². The molecular formula is C26H33N3O4. The van der Waals surface area contributed by atoms with E-state index in [4.69, 9.17) is 4.74 Å². The first-order valence-electron chi connectivity index (χ1n) is 11.6. The van der Waals surface area contributed by atoms with E-state index in [1.807, 2.05) is 49.4 Å². The number of hydrogen-bond acceptors (Lipinski definition) is 4. The van der Waals surface area contributed by atoms with E-state index in [0.717, 1.165) is 24.0 Å². The second-order valence-corrected chi connectivity index (χ2v) is 8.36. The smallest absolute Gasteiger partial charge is 0.260 e. The maximum absolute atomic E-state index is 12.8. The number of hydrogen-bond donors (Lipinski definition) is 2. The number of nitrogens with zero attached hydrogens (tertiary/aromatic N) is 1. The minimum absolute atomic E-state index is 0.0118. The molecule has 2 N–H and O–H groups in total. The highest BCUT2D eigenvalue weighted by Gasteiger charge is 2.20. The number of amides is 3. The zero-order valence-corrected chi connectivity index (χ0v) is 19.2. The summed E-state index contributed by atoms with van der Waals surface area (Å²) >= 11 is 0. The van der Waals surface area contributed by atoms with Gasteiger partial charge in [-0.05, 0) is 49.3 Å². The van der Waals surface area contributed by atoms with Crippen LogP contribution in [0.1, 0.15) is 42.7 Å². The predicted molar refractivity (Wildman–Crippen MR) is 127 cm³/mol. The number of carbonyl (C=O) groups is 3. The Morgan fingerprint density at radius 3 is 2.48 bits per heavy atom. The quantitative estimate of drug-likeness (QED) is 0.748. The van der Waals surface area contributed by atoms with Crippen molar-refractivity contribution in [3.05, 3.63) is 65.7 Å². The summed E-state index contributed by atoms with van der Waals surface area (Å²) in [5.74, 6) is 0.399. The lowest BCUT2D eigenvalue weighted by Crippen LogP contribution is -2.44. The lowest BCUT2D eigenvalue weighted by molar-refractivity contribution is -0.137. The van der Waals surface area contributed by atoms with Gasteiger partial charge in [-0.2, -0.15) is 0 Å². The number of nitrogens with one attached hydrogen (secondary N) is 2. The van der Waals surface area contributed by atoms with Gasteiger partial charge in [-0.15, -0.1) is 0 Å². The first-order chi connectivity index (χ1) is 16.0. The van der Waals surface area contributed by atoms with Crippen molar-refractivity contribution in [2.45, 2.75) is 38.5 Å². The molecule has 0 spiro atoms. The molecule has 1 aliphatic heterocycles. The van der Waals surface area contributed by atoms with Crippen molar-refractivity contribution in [3.8, 4) is 5.75 Å². The molecule has 1 fully saturated rings. The SMILES string of the molecule is Cc1ccccc1OCC(=O)N1CCCNC(=O)CCC(c2ccccc2)CCNC(=O)C1. The minimum Gasteiger partial charge on any atom is -0.484 e. The van der Waals surface area contributed by atoms with Crippen molar-refractivity contribution < 1.29 is 19.1 Å². The fourth-order valence-electron chi connectivity index (χ4n) is 3.95. The summed E-state index contributed by atoms with van der Waals surface area (Å²) in [7, 11) is 0. The Morgan fingerprint density at radius 2 is 1.70 bits per heavy atom. The van der Waals surface area contributed by atoms with Crippen molar-refractivity contribution in [3.63, 3.8) is 0 Å². The molecule has 2 aromatic carbocycles. The van der Waals surface area contributed by atoms with Crippen LogP contribution in [-0.2, 0) is 14.4 Å². The van der Waals surface area contributed by atoms with Gasteiger partial charge in [0.1, 0.15) is 5.75 Å². The largest absolute Gasteiger partial charge is 0.484 e. The molecule has 3 rings (SSSR count). The van der Waals surface area contributed by atoms with Crippen LogP contribution in [0.5, 0.6) is 5.75 Å². The first-order valence-corrected chi connectivity index (χ1v) is 11.6. The van der Waals surface area contributed by atoms with E-state index in [-0.39, 0.29) is 36.8 Å². The molecule has 3 amide bonds. The molecule has 7 heteroatoms. The molecule has 0 aliphatic carbocycles. The number of ether oxygens (including phenoxy) is 1. The average Bonchev–Trinajstić information content (AvgIpc) is 2.82. The normalized spacial score (nSPS) is 18.6. The molecule has 0 bridgehead atoms. The van der Waals surface area contributed by atoms with Crippen LogP contribution < -0.4 is 15.4 Å². The number of para-hydroxylation sites is 1. The Kier molecular flexibility index (Phi) is 9.30. The highest BCUT2D eigenvalue weighted by atomic mass is 16.5. The Labute approximate surface area is 195 Å². The molecular weight excluding hydrogens is 418 g/mol. The molecule has 176 valence electrons. The van der Waals surface area contributed by atoms with Gasteiger partial charge in [0, 0.05) is 26.1 Å². The van der Waals surface area contributed by atoms with Crippen LogP contribution >= 0.6 is 0 Å². The molecule has 1 atom stereocenters. The second kappa shape index (κ2) is 12.6. The lowest BCUT2D eigenvalue weighted by atomic mass is 9.91. The van der Waals surface area contributed by atoms with E-state index in [0.29, 0.717) is 38.2 Å². The van der Waals surface area contributed by atoms with Crippen LogP contribution in [-0.4, -0.2) is 55.4 Å². The van der Waals surface area contributed by atoms with Gasteiger partial charge < -0.3 is 20.3 Å². The van der Waals surface area contributed by atoms with E-state index in [9.17, 15) is 14.4 Å². The zero-order valence-electron chi connectivity index (χ0n) is 19.2. The number of carbonyl (C=O) groups excluding carboxylic acids is 3. The van der Waals surface area contributed by atoms with Crippen molar-refractivity contribution in [2.75, 3.05) is 32.8 Å². The van der Waals surface area contributed by atoms with Gasteiger partial charge in [0.15, 0.2) is 6.61 Å². The maximum Gasteiger partial charge on any atom is 0.260 e. The fourth-order valence-corrected chi connectivity index (χ4v) is 3.95. The van der Waals surface area contributed by atoms with Crippen LogP contribution in [0, 0.1) is 6.92 Å². The standard InChI is InChI=1S/C26H33N3O4/c1-20-8-5-6-11-23(20)33-19-26(32)29-17-7-15-27-24(30)13-12-22(14-16-28-25(31)18-29)21-9-3-2-4-10-21/h2-6,8-11,22H,7,12-19H2,1H3,(H,27,30)(H,28,31). The third-order valence-corrected chi connectivity index (χ3v) is 5.86. The van der Waals surface area contributed by atoms with Crippen LogP contribution in [0.4, 0.5) is 0 Å². The minimum atomic E-state index is -0.256. The van der Waals surface area contributed by atoms with Gasteiger partial charge in [0.05, 0.1) is 6.54 Å². The van der Waals surface area contributed by atoms with E-state index in [1.54, 1.807) is 0 Å². The molecule has 1 aliphatic rings. The first kappa shape index (κ1) is 24.3. The van der Waals surface area contributed by atoms with Crippen LogP contribution in [0.25, 0.3) is 0 Å². The van der Waals surface area contributed by atoms with Crippen LogP contribution in [0.2, 0.25) is 0 Å². The summed E-state index contributed by atoms with van der Waals surface area (Å²) in [4.78, 5) is 39.2. The Hall–Kier alpha value is -3.35. The monoisotopic (exact) mass is 451 g/mol. The third-order valence-electron chi connectivity index (χ3n) is 5.86. The van der Waals surface area contributed by atoms with Crippen molar-refractivity contribution >= 4 is 17.7 Å². The molecule has 7 nitrogen and oxygen atoms in total. The van der Waals surface area contributed by atoms with Crippen molar-refractivity contribution in [2.24, 2.45) is 0 Å². The molecule has 0 radical (unpaired) electrons. The number of aryl methyl sites for hydroxylation is 1. The predicted octanol–water partition coefficient (Wildman–Crippen LogP) is 2.79. The average molecular weight is 452 g/mol. The molecule has 2 aromatic rings. The van der Waals surface area contributed by atoms with E-state index >= 15 is 0 Å². The van der Waals surface area contributed by atoms with E-state index in [2.05, 4.69) is 22.8 Å². The Balaban J connectivity index is 1.61. The molecule has 0 aromatic heterocycles. The fraction of sp³-hybridized carbons (Fsp3) is 0.423. The second-order valence-electron chi connectivity index (χ2n) is 8.36. The van der Waals surface area contributed by atoms with Gasteiger partial charge in [0.25, 0.3) is 5.91 Å². The summed E-state index contributed by atoms with van der Waals surface area (Å²) < 4.78 is 5.68. The number of benzene rings is 2. The molecule has 0 saturated carbocycles. The lowest BCUT2D eigenvalue weighted by Gasteiger charge is -2.24. The van der Waals surface area contributed by atoms with Gasteiger partial charge in [-0.3, -0.25) is 14.4 Å². The maximum atomic E-state index is 12.8. The summed E-state index contributed by atoms with van der Waals surface area (Å²) in [6.07, 6.45) is 2.46. The molecule has 1 saturated heterocycles. The van der Waals surface area contributed by atoms with Crippen molar-refractivity contribution in [1.29, 1.82) is 0 Å².